The Bertz CT molecular complexity index is 1140. The molecule has 1 aliphatic rings. The van der Waals surface area contributed by atoms with Crippen molar-refractivity contribution in [2.24, 2.45) is 4.99 Å². The first-order valence-electron chi connectivity index (χ1n) is 10.8. The summed E-state index contributed by atoms with van der Waals surface area (Å²) >= 11 is 0. The van der Waals surface area contributed by atoms with E-state index < -0.39 is 0 Å². The van der Waals surface area contributed by atoms with Gasteiger partial charge in [0.25, 0.3) is 0 Å². The molecule has 1 unspecified atom stereocenters. The number of aliphatic imine (C=N–C) groups is 1. The van der Waals surface area contributed by atoms with Crippen LogP contribution in [0.5, 0.6) is 17.2 Å². The zero-order chi connectivity index (χ0) is 22.9. The SMILES string of the molecule is COc1ccccc1Oc1ccc(N=Cc2cc3c(cc2F)N(C)C(C)(C)CC3C)cc1. The van der Waals surface area contributed by atoms with Crippen molar-refractivity contribution >= 4 is 17.6 Å². The van der Waals surface area contributed by atoms with Crippen LogP contribution in [0.4, 0.5) is 15.8 Å². The Morgan fingerprint density at radius 2 is 1.75 bits per heavy atom. The number of rotatable bonds is 5. The molecule has 0 radical (unpaired) electrons. The third-order valence-corrected chi connectivity index (χ3v) is 6.24. The van der Waals surface area contributed by atoms with Crippen LogP contribution >= 0.6 is 0 Å². The van der Waals surface area contributed by atoms with E-state index in [-0.39, 0.29) is 11.4 Å². The fourth-order valence-electron chi connectivity index (χ4n) is 4.28. The number of methoxy groups -OCH3 is 1. The van der Waals surface area contributed by atoms with Gasteiger partial charge < -0.3 is 14.4 Å². The zero-order valence-electron chi connectivity index (χ0n) is 19.2. The van der Waals surface area contributed by atoms with Crippen molar-refractivity contribution in [1.82, 2.24) is 0 Å². The highest BCUT2D eigenvalue weighted by Crippen LogP contribution is 2.43. The molecule has 4 rings (SSSR count). The molecule has 1 aliphatic heterocycles. The number of ether oxygens (including phenoxy) is 2. The first-order valence-corrected chi connectivity index (χ1v) is 10.8. The molecule has 3 aromatic rings. The van der Waals surface area contributed by atoms with Gasteiger partial charge in [-0.05, 0) is 80.3 Å². The second-order valence-corrected chi connectivity index (χ2v) is 8.91. The molecular weight excluding hydrogens is 403 g/mol. The fourth-order valence-corrected chi connectivity index (χ4v) is 4.28. The number of anilines is 1. The highest BCUT2D eigenvalue weighted by atomic mass is 19.1. The van der Waals surface area contributed by atoms with E-state index >= 15 is 0 Å². The molecule has 0 aromatic heterocycles. The van der Waals surface area contributed by atoms with E-state index in [0.29, 0.717) is 28.7 Å². The molecule has 32 heavy (non-hydrogen) atoms. The molecule has 5 heteroatoms. The summed E-state index contributed by atoms with van der Waals surface area (Å²) in [6.45, 7) is 6.59. The van der Waals surface area contributed by atoms with Gasteiger partial charge in [0.05, 0.1) is 12.8 Å². The Kier molecular flexibility index (Phi) is 5.92. The summed E-state index contributed by atoms with van der Waals surface area (Å²) in [7, 11) is 3.64. The summed E-state index contributed by atoms with van der Waals surface area (Å²) in [5.41, 5.74) is 3.34. The number of nitrogens with zero attached hydrogens (tertiary/aromatic N) is 2. The van der Waals surface area contributed by atoms with Crippen LogP contribution in [0.15, 0.2) is 65.7 Å². The number of halogens is 1. The maximum atomic E-state index is 14.9. The van der Waals surface area contributed by atoms with Crippen molar-refractivity contribution in [1.29, 1.82) is 0 Å². The normalized spacial score (nSPS) is 17.3. The van der Waals surface area contributed by atoms with Crippen molar-refractivity contribution in [3.8, 4) is 17.2 Å². The number of fused-ring (bicyclic) bond motifs is 1. The molecule has 0 amide bonds. The Labute approximate surface area is 189 Å². The summed E-state index contributed by atoms with van der Waals surface area (Å²) in [5, 5.41) is 0. The summed E-state index contributed by atoms with van der Waals surface area (Å²) in [6, 6.07) is 18.4. The standard InChI is InChI=1S/C27H29FN2O2/c1-18-16-27(2,3)30(4)24-15-23(28)19(14-22(18)24)17-29-20-10-12-21(13-11-20)32-26-9-7-6-8-25(26)31-5/h6-15,17-18H,16H2,1-5H3. The topological polar surface area (TPSA) is 34.1 Å². The zero-order valence-corrected chi connectivity index (χ0v) is 19.2. The van der Waals surface area contributed by atoms with E-state index in [1.54, 1.807) is 19.4 Å². The summed E-state index contributed by atoms with van der Waals surface area (Å²) < 4.78 is 26.1. The lowest BCUT2D eigenvalue weighted by atomic mass is 9.80. The average molecular weight is 433 g/mol. The molecule has 1 atom stereocenters. The van der Waals surface area contributed by atoms with Gasteiger partial charge in [-0.15, -0.1) is 0 Å². The van der Waals surface area contributed by atoms with Gasteiger partial charge in [0.15, 0.2) is 11.5 Å². The maximum Gasteiger partial charge on any atom is 0.169 e. The van der Waals surface area contributed by atoms with Crippen molar-refractivity contribution in [3.05, 3.63) is 77.6 Å². The first-order chi connectivity index (χ1) is 15.3. The van der Waals surface area contributed by atoms with E-state index in [9.17, 15) is 4.39 Å². The van der Waals surface area contributed by atoms with Gasteiger partial charge >= 0.3 is 0 Å². The van der Waals surface area contributed by atoms with E-state index in [2.05, 4.69) is 30.7 Å². The Morgan fingerprint density at radius 1 is 1.06 bits per heavy atom. The van der Waals surface area contributed by atoms with Crippen molar-refractivity contribution in [2.45, 2.75) is 38.6 Å². The van der Waals surface area contributed by atoms with Crippen molar-refractivity contribution < 1.29 is 13.9 Å². The Morgan fingerprint density at radius 3 is 2.44 bits per heavy atom. The number of para-hydroxylation sites is 2. The highest BCUT2D eigenvalue weighted by molar-refractivity contribution is 5.84. The molecule has 1 heterocycles. The number of hydrogen-bond acceptors (Lipinski definition) is 4. The largest absolute Gasteiger partial charge is 0.493 e. The molecule has 0 aliphatic carbocycles. The summed E-state index contributed by atoms with van der Waals surface area (Å²) in [6.07, 6.45) is 2.62. The van der Waals surface area contributed by atoms with E-state index in [1.165, 1.54) is 0 Å². The number of hydrogen-bond donors (Lipinski definition) is 0. The average Bonchev–Trinajstić information content (AvgIpc) is 2.77. The van der Waals surface area contributed by atoms with Crippen LogP contribution < -0.4 is 14.4 Å². The van der Waals surface area contributed by atoms with Crippen LogP contribution in [0.3, 0.4) is 0 Å². The lowest BCUT2D eigenvalue weighted by molar-refractivity contribution is 0.379. The second-order valence-electron chi connectivity index (χ2n) is 8.91. The van der Waals surface area contributed by atoms with Crippen molar-refractivity contribution in [2.75, 3.05) is 19.1 Å². The lowest BCUT2D eigenvalue weighted by Gasteiger charge is -2.45. The minimum atomic E-state index is -0.264. The molecule has 0 spiro atoms. The van der Waals surface area contributed by atoms with Gasteiger partial charge in [-0.1, -0.05) is 19.1 Å². The van der Waals surface area contributed by atoms with Gasteiger partial charge in [-0.3, -0.25) is 4.99 Å². The predicted octanol–water partition coefficient (Wildman–Crippen LogP) is 7.10. The molecule has 0 saturated heterocycles. The predicted molar refractivity (Wildman–Crippen MR) is 129 cm³/mol. The smallest absolute Gasteiger partial charge is 0.169 e. The first kappa shape index (κ1) is 21.9. The quantitative estimate of drug-likeness (QED) is 0.403. The van der Waals surface area contributed by atoms with Gasteiger partial charge in [-0.2, -0.15) is 0 Å². The molecule has 0 fully saturated rings. The monoisotopic (exact) mass is 432 g/mol. The lowest BCUT2D eigenvalue weighted by Crippen LogP contribution is -2.45. The molecule has 3 aromatic carbocycles. The Hall–Kier alpha value is -3.34. The fraction of sp³-hybridized carbons (Fsp3) is 0.296. The highest BCUT2D eigenvalue weighted by Gasteiger charge is 2.34. The van der Waals surface area contributed by atoms with Gasteiger partial charge in [0.1, 0.15) is 11.6 Å². The van der Waals surface area contributed by atoms with Crippen LogP contribution in [0.1, 0.15) is 44.2 Å². The van der Waals surface area contributed by atoms with Crippen molar-refractivity contribution in [3.63, 3.8) is 0 Å². The summed E-state index contributed by atoms with van der Waals surface area (Å²) in [4.78, 5) is 6.66. The van der Waals surface area contributed by atoms with E-state index in [4.69, 9.17) is 9.47 Å². The van der Waals surface area contributed by atoms with Gasteiger partial charge in [-0.25, -0.2) is 4.39 Å². The van der Waals surface area contributed by atoms with Crippen LogP contribution in [-0.4, -0.2) is 25.9 Å². The minimum Gasteiger partial charge on any atom is -0.493 e. The molecule has 166 valence electrons. The second kappa shape index (κ2) is 8.65. The van der Waals surface area contributed by atoms with E-state index in [0.717, 1.165) is 23.4 Å². The van der Waals surface area contributed by atoms with Crippen LogP contribution in [-0.2, 0) is 0 Å². The van der Waals surface area contributed by atoms with Gasteiger partial charge in [0, 0.05) is 30.1 Å². The molecule has 4 nitrogen and oxygen atoms in total. The van der Waals surface area contributed by atoms with Gasteiger partial charge in [0.2, 0.25) is 0 Å². The van der Waals surface area contributed by atoms with Crippen LogP contribution in [0.25, 0.3) is 0 Å². The molecule has 0 bridgehead atoms. The molecule has 0 saturated carbocycles. The van der Waals surface area contributed by atoms with E-state index in [1.807, 2.05) is 61.6 Å². The van der Waals surface area contributed by atoms with Crippen LogP contribution in [0.2, 0.25) is 0 Å². The minimum absolute atomic E-state index is 0.00203. The summed E-state index contributed by atoms with van der Waals surface area (Å²) in [5.74, 6) is 2.08. The molecule has 0 N–H and O–H groups in total. The Balaban J connectivity index is 1.53. The third kappa shape index (κ3) is 4.33. The molecular formula is C27H29FN2O2. The van der Waals surface area contributed by atoms with Crippen LogP contribution in [0, 0.1) is 5.82 Å². The maximum absolute atomic E-state index is 14.9. The number of benzene rings is 3. The third-order valence-electron chi connectivity index (χ3n) is 6.24.